The summed E-state index contributed by atoms with van der Waals surface area (Å²) in [6, 6.07) is 7.27. The molecule has 0 aliphatic rings. The third-order valence-corrected chi connectivity index (χ3v) is 2.15. The number of benzene rings is 1. The van der Waals surface area contributed by atoms with Crippen molar-refractivity contribution in [2.45, 2.75) is 0 Å². The van der Waals surface area contributed by atoms with E-state index in [1.54, 1.807) is 18.2 Å². The summed E-state index contributed by atoms with van der Waals surface area (Å²) in [4.78, 5) is 2.88. The van der Waals surface area contributed by atoms with E-state index in [2.05, 4.69) is 4.98 Å². The monoisotopic (exact) mass is 191 g/mol. The van der Waals surface area contributed by atoms with Gasteiger partial charge in [-0.05, 0) is 18.2 Å². The lowest BCUT2D eigenvalue weighted by Crippen LogP contribution is -1.85. The van der Waals surface area contributed by atoms with Gasteiger partial charge in [-0.15, -0.1) is 0 Å². The van der Waals surface area contributed by atoms with Gasteiger partial charge in [0.25, 0.3) is 0 Å². The number of nitrogens with two attached hydrogens (primary N) is 1. The number of nitriles is 1. The average Bonchev–Trinajstić information content (AvgIpc) is 2.42. The maximum Gasteiger partial charge on any atom is 0.141 e. The molecule has 0 saturated heterocycles. The van der Waals surface area contributed by atoms with E-state index in [4.69, 9.17) is 22.6 Å². The second kappa shape index (κ2) is 2.68. The molecule has 1 aromatic heterocycles. The molecule has 3 nitrogen and oxygen atoms in total. The molecule has 1 heterocycles. The molecule has 4 heteroatoms. The van der Waals surface area contributed by atoms with Crippen LogP contribution in [0, 0.1) is 11.3 Å². The van der Waals surface area contributed by atoms with E-state index >= 15 is 0 Å². The summed E-state index contributed by atoms with van der Waals surface area (Å²) in [6.45, 7) is 0. The highest BCUT2D eigenvalue weighted by atomic mass is 35.5. The molecule has 0 amide bonds. The first-order chi connectivity index (χ1) is 6.22. The quantitative estimate of drug-likeness (QED) is 0.671. The Morgan fingerprint density at radius 1 is 1.46 bits per heavy atom. The molecule has 0 spiro atoms. The molecule has 0 fully saturated rings. The molecule has 3 N–H and O–H groups in total. The van der Waals surface area contributed by atoms with Gasteiger partial charge in [-0.1, -0.05) is 11.6 Å². The Morgan fingerprint density at radius 3 is 2.92 bits per heavy atom. The van der Waals surface area contributed by atoms with Crippen LogP contribution in [0.1, 0.15) is 5.69 Å². The molecule has 0 unspecified atom stereocenters. The van der Waals surface area contributed by atoms with Crippen LogP contribution in [-0.4, -0.2) is 4.98 Å². The topological polar surface area (TPSA) is 65.6 Å². The standard InChI is InChI=1S/C9H6ClN3/c10-5-1-2-6-7(3-5)13-8(4-11)9(6)12/h1-3,13H,12H2. The number of nitrogens with one attached hydrogen (secondary N) is 1. The van der Waals surface area contributed by atoms with Crippen LogP contribution in [0.2, 0.25) is 5.02 Å². The minimum atomic E-state index is 0.386. The zero-order valence-electron chi connectivity index (χ0n) is 6.63. The van der Waals surface area contributed by atoms with Gasteiger partial charge in [0.2, 0.25) is 0 Å². The van der Waals surface area contributed by atoms with Crippen molar-refractivity contribution in [3.8, 4) is 6.07 Å². The average molecular weight is 192 g/mol. The van der Waals surface area contributed by atoms with Crippen molar-refractivity contribution in [1.29, 1.82) is 5.26 Å². The SMILES string of the molecule is N#Cc1[nH]c2cc(Cl)ccc2c1N. The molecule has 64 valence electrons. The number of fused-ring (bicyclic) bond motifs is 1. The van der Waals surface area contributed by atoms with Crippen LogP contribution in [0.3, 0.4) is 0 Å². The number of aromatic amines is 1. The lowest BCUT2D eigenvalue weighted by molar-refractivity contribution is 1.37. The summed E-state index contributed by atoms with van der Waals surface area (Å²) in [5.41, 5.74) is 7.36. The predicted octanol–water partition coefficient (Wildman–Crippen LogP) is 2.28. The first kappa shape index (κ1) is 7.96. The highest BCUT2D eigenvalue weighted by Crippen LogP contribution is 2.26. The molecule has 0 aliphatic carbocycles. The predicted molar refractivity (Wildman–Crippen MR) is 52.4 cm³/mol. The van der Waals surface area contributed by atoms with Crippen LogP contribution in [0.5, 0.6) is 0 Å². The second-order valence-corrected chi connectivity index (χ2v) is 3.15. The molecule has 1 aromatic carbocycles. The van der Waals surface area contributed by atoms with Gasteiger partial charge in [0.1, 0.15) is 11.8 Å². The molecule has 0 atom stereocenters. The number of aromatic nitrogens is 1. The molecule has 0 radical (unpaired) electrons. The molecule has 0 aliphatic heterocycles. The fraction of sp³-hybridized carbons (Fsp3) is 0. The van der Waals surface area contributed by atoms with Gasteiger partial charge in [-0.25, -0.2) is 0 Å². The lowest BCUT2D eigenvalue weighted by Gasteiger charge is -1.90. The summed E-state index contributed by atoms with van der Waals surface area (Å²) in [6.07, 6.45) is 0. The van der Waals surface area contributed by atoms with E-state index in [9.17, 15) is 0 Å². The highest BCUT2D eigenvalue weighted by Gasteiger charge is 2.07. The fourth-order valence-corrected chi connectivity index (χ4v) is 1.45. The number of H-pyrrole nitrogens is 1. The highest BCUT2D eigenvalue weighted by molar-refractivity contribution is 6.31. The Bertz CT molecular complexity index is 507. The summed E-state index contributed by atoms with van der Waals surface area (Å²) in [5.74, 6) is 0. The van der Waals surface area contributed by atoms with Crippen molar-refractivity contribution in [1.82, 2.24) is 4.98 Å². The number of hydrogen-bond donors (Lipinski definition) is 2. The molecule has 2 rings (SSSR count). The number of rotatable bonds is 0. The van der Waals surface area contributed by atoms with Gasteiger partial charge in [0.15, 0.2) is 0 Å². The molecular formula is C9H6ClN3. The number of hydrogen-bond acceptors (Lipinski definition) is 2. The van der Waals surface area contributed by atoms with Crippen LogP contribution in [0.25, 0.3) is 10.9 Å². The Morgan fingerprint density at radius 2 is 2.23 bits per heavy atom. The number of anilines is 1. The van der Waals surface area contributed by atoms with E-state index < -0.39 is 0 Å². The second-order valence-electron chi connectivity index (χ2n) is 2.72. The first-order valence-electron chi connectivity index (χ1n) is 3.69. The van der Waals surface area contributed by atoms with E-state index in [1.807, 2.05) is 6.07 Å². The van der Waals surface area contributed by atoms with Crippen LogP contribution >= 0.6 is 11.6 Å². The Balaban J connectivity index is 2.86. The fourth-order valence-electron chi connectivity index (χ4n) is 1.28. The minimum Gasteiger partial charge on any atom is -0.396 e. The van der Waals surface area contributed by atoms with Crippen molar-refractivity contribution >= 4 is 28.2 Å². The largest absolute Gasteiger partial charge is 0.396 e. The van der Waals surface area contributed by atoms with Crippen molar-refractivity contribution in [3.63, 3.8) is 0 Å². The summed E-state index contributed by atoms with van der Waals surface area (Å²) < 4.78 is 0. The summed E-state index contributed by atoms with van der Waals surface area (Å²) in [7, 11) is 0. The van der Waals surface area contributed by atoms with E-state index in [-0.39, 0.29) is 0 Å². The van der Waals surface area contributed by atoms with Crippen molar-refractivity contribution in [2.24, 2.45) is 0 Å². The van der Waals surface area contributed by atoms with Gasteiger partial charge in [0.05, 0.1) is 11.2 Å². The van der Waals surface area contributed by atoms with Gasteiger partial charge < -0.3 is 10.7 Å². The number of halogens is 1. The van der Waals surface area contributed by atoms with Crippen LogP contribution in [0.15, 0.2) is 18.2 Å². The zero-order valence-corrected chi connectivity index (χ0v) is 7.39. The Kier molecular flexibility index (Phi) is 1.64. The molecule has 0 bridgehead atoms. The lowest BCUT2D eigenvalue weighted by atomic mass is 10.2. The van der Waals surface area contributed by atoms with Crippen LogP contribution < -0.4 is 5.73 Å². The Labute approximate surface area is 79.7 Å². The van der Waals surface area contributed by atoms with Crippen molar-refractivity contribution < 1.29 is 0 Å². The Hall–Kier alpha value is -1.66. The smallest absolute Gasteiger partial charge is 0.141 e. The maximum absolute atomic E-state index is 8.69. The number of nitrogen functional groups attached to an aromatic ring is 1. The van der Waals surface area contributed by atoms with Gasteiger partial charge >= 0.3 is 0 Å². The molecule has 13 heavy (non-hydrogen) atoms. The molecular weight excluding hydrogens is 186 g/mol. The van der Waals surface area contributed by atoms with E-state index in [1.165, 1.54) is 0 Å². The van der Waals surface area contributed by atoms with Gasteiger partial charge in [-0.2, -0.15) is 5.26 Å². The zero-order chi connectivity index (χ0) is 9.42. The summed E-state index contributed by atoms with van der Waals surface area (Å²) >= 11 is 5.78. The van der Waals surface area contributed by atoms with Gasteiger partial charge in [0, 0.05) is 10.4 Å². The maximum atomic E-state index is 8.69. The number of nitrogens with zero attached hydrogens (tertiary/aromatic N) is 1. The first-order valence-corrected chi connectivity index (χ1v) is 4.07. The van der Waals surface area contributed by atoms with Crippen LogP contribution in [0.4, 0.5) is 5.69 Å². The third kappa shape index (κ3) is 1.12. The van der Waals surface area contributed by atoms with Crippen molar-refractivity contribution in [2.75, 3.05) is 5.73 Å². The van der Waals surface area contributed by atoms with Gasteiger partial charge in [-0.3, -0.25) is 0 Å². The van der Waals surface area contributed by atoms with E-state index in [0.717, 1.165) is 10.9 Å². The summed E-state index contributed by atoms with van der Waals surface area (Å²) in [5, 5.41) is 10.2. The minimum absolute atomic E-state index is 0.386. The van der Waals surface area contributed by atoms with E-state index in [0.29, 0.717) is 16.4 Å². The van der Waals surface area contributed by atoms with Crippen molar-refractivity contribution in [3.05, 3.63) is 28.9 Å². The molecule has 0 saturated carbocycles. The normalized spacial score (nSPS) is 10.2. The van der Waals surface area contributed by atoms with Crippen LogP contribution in [-0.2, 0) is 0 Å². The third-order valence-electron chi connectivity index (χ3n) is 1.91. The molecule has 2 aromatic rings.